The summed E-state index contributed by atoms with van der Waals surface area (Å²) in [5.41, 5.74) is 0. The predicted molar refractivity (Wildman–Crippen MR) is 104 cm³/mol. The Bertz CT molecular complexity index is 530. The zero-order valence-corrected chi connectivity index (χ0v) is 17.3. The van der Waals surface area contributed by atoms with Gasteiger partial charge in [-0.15, -0.1) is 12.4 Å². The number of halogens is 1. The first kappa shape index (κ1) is 23.7. The molecule has 2 rings (SSSR count). The highest BCUT2D eigenvalue weighted by Crippen LogP contribution is 2.40. The lowest BCUT2D eigenvalue weighted by Gasteiger charge is -2.35. The van der Waals surface area contributed by atoms with Crippen LogP contribution in [0.25, 0.3) is 0 Å². The third-order valence-corrected chi connectivity index (χ3v) is 5.60. The van der Waals surface area contributed by atoms with Gasteiger partial charge in [-0.3, -0.25) is 14.9 Å². The summed E-state index contributed by atoms with van der Waals surface area (Å²) in [6.45, 7) is 5.72. The van der Waals surface area contributed by atoms with E-state index in [9.17, 15) is 19.5 Å². The van der Waals surface area contributed by atoms with E-state index in [4.69, 9.17) is 4.74 Å². The minimum absolute atomic E-state index is 0. The highest BCUT2D eigenvalue weighted by atomic mass is 35.5. The largest absolute Gasteiger partial charge is 0.480 e. The quantitative estimate of drug-likeness (QED) is 0.603. The smallest absolute Gasteiger partial charge is 0.326 e. The molecular weight excluding hydrogens is 372 g/mol. The Hall–Kier alpha value is -1.34. The van der Waals surface area contributed by atoms with E-state index in [1.54, 1.807) is 18.7 Å². The number of likely N-dealkylation sites (tertiary alicyclic amines) is 1. The maximum atomic E-state index is 13.1. The van der Waals surface area contributed by atoms with E-state index in [1.807, 2.05) is 6.92 Å². The number of hydrogen-bond donors (Lipinski definition) is 2. The van der Waals surface area contributed by atoms with E-state index < -0.39 is 24.1 Å². The maximum Gasteiger partial charge on any atom is 0.326 e. The maximum absolute atomic E-state index is 13.1. The van der Waals surface area contributed by atoms with Crippen molar-refractivity contribution in [3.63, 3.8) is 0 Å². The SMILES string of the molecule is CCC[C@H](N[C@H](C)C(=O)N1[C@H](C(=O)O)C[C@@H]2CCCC[C@@H]21)C(=O)OCC.Cl. The zero-order valence-electron chi connectivity index (χ0n) is 16.5. The molecule has 0 spiro atoms. The first-order chi connectivity index (χ1) is 12.4. The van der Waals surface area contributed by atoms with Gasteiger partial charge in [0, 0.05) is 6.04 Å². The van der Waals surface area contributed by atoms with Crippen LogP contribution in [-0.4, -0.2) is 58.6 Å². The molecule has 1 amide bonds. The van der Waals surface area contributed by atoms with Gasteiger partial charge in [0.1, 0.15) is 12.1 Å². The van der Waals surface area contributed by atoms with Gasteiger partial charge in [-0.05, 0) is 45.4 Å². The van der Waals surface area contributed by atoms with Gasteiger partial charge >= 0.3 is 11.9 Å². The molecule has 1 aliphatic heterocycles. The van der Waals surface area contributed by atoms with E-state index in [0.29, 0.717) is 19.4 Å². The highest BCUT2D eigenvalue weighted by molar-refractivity contribution is 5.88. The summed E-state index contributed by atoms with van der Waals surface area (Å²) in [7, 11) is 0. The summed E-state index contributed by atoms with van der Waals surface area (Å²) in [5, 5.41) is 12.7. The number of carboxylic acids is 1. The number of aliphatic carboxylic acids is 1. The highest BCUT2D eigenvalue weighted by Gasteiger charge is 2.48. The van der Waals surface area contributed by atoms with Crippen molar-refractivity contribution in [2.75, 3.05) is 6.61 Å². The van der Waals surface area contributed by atoms with Gasteiger partial charge in [0.2, 0.25) is 5.91 Å². The van der Waals surface area contributed by atoms with Crippen molar-refractivity contribution in [3.8, 4) is 0 Å². The van der Waals surface area contributed by atoms with Crippen molar-refractivity contribution in [2.24, 2.45) is 5.92 Å². The molecule has 2 fully saturated rings. The molecule has 8 heteroatoms. The van der Waals surface area contributed by atoms with Gasteiger partial charge in [0.15, 0.2) is 0 Å². The molecule has 156 valence electrons. The molecule has 0 bridgehead atoms. The van der Waals surface area contributed by atoms with Crippen molar-refractivity contribution in [2.45, 2.75) is 89.9 Å². The van der Waals surface area contributed by atoms with Gasteiger partial charge in [-0.25, -0.2) is 4.79 Å². The fraction of sp³-hybridized carbons (Fsp3) is 0.842. The molecule has 5 atom stereocenters. The predicted octanol–water partition coefficient (Wildman–Crippen LogP) is 2.36. The standard InChI is InChI=1S/C19H32N2O5.ClH/c1-4-8-14(19(25)26-5-2)20-12(3)17(22)21-15-10-7-6-9-13(15)11-16(21)18(23)24;/h12-16,20H,4-11H2,1-3H3,(H,23,24);1H/t12-,13+,14+,15+,16+;/m1./s1. The van der Waals surface area contributed by atoms with Crippen molar-refractivity contribution < 1.29 is 24.2 Å². The summed E-state index contributed by atoms with van der Waals surface area (Å²) in [5.74, 6) is -1.24. The number of nitrogens with one attached hydrogen (secondary N) is 1. The van der Waals surface area contributed by atoms with Crippen LogP contribution >= 0.6 is 12.4 Å². The van der Waals surface area contributed by atoms with Crippen LogP contribution in [0, 0.1) is 5.92 Å². The van der Waals surface area contributed by atoms with Crippen LogP contribution in [0.1, 0.15) is 65.7 Å². The number of amides is 1. The molecule has 0 aromatic rings. The number of carbonyl (C=O) groups is 3. The first-order valence-corrected chi connectivity index (χ1v) is 9.88. The molecule has 27 heavy (non-hydrogen) atoms. The average molecular weight is 405 g/mol. The van der Waals surface area contributed by atoms with Gasteiger partial charge in [-0.1, -0.05) is 26.2 Å². The summed E-state index contributed by atoms with van der Waals surface area (Å²) in [6, 6.07) is -1.92. The van der Waals surface area contributed by atoms with Crippen LogP contribution in [-0.2, 0) is 19.1 Å². The fourth-order valence-electron chi connectivity index (χ4n) is 4.39. The Labute approximate surface area is 167 Å². The first-order valence-electron chi connectivity index (χ1n) is 9.88. The molecule has 0 radical (unpaired) electrons. The number of fused-ring (bicyclic) bond motifs is 1. The van der Waals surface area contributed by atoms with Crippen LogP contribution in [0.5, 0.6) is 0 Å². The van der Waals surface area contributed by atoms with E-state index >= 15 is 0 Å². The second-order valence-electron chi connectivity index (χ2n) is 7.43. The van der Waals surface area contributed by atoms with Crippen LogP contribution < -0.4 is 5.32 Å². The molecular formula is C19H33ClN2O5. The molecule has 0 aromatic heterocycles. The lowest BCUT2D eigenvalue weighted by atomic mass is 9.84. The van der Waals surface area contributed by atoms with E-state index in [0.717, 1.165) is 32.1 Å². The van der Waals surface area contributed by atoms with Gasteiger partial charge in [0.25, 0.3) is 0 Å². The Kier molecular flexibility index (Phi) is 9.53. The zero-order chi connectivity index (χ0) is 19.3. The average Bonchev–Trinajstić information content (AvgIpc) is 3.00. The van der Waals surface area contributed by atoms with Crippen LogP contribution in [0.15, 0.2) is 0 Å². The minimum atomic E-state index is -0.935. The number of carbonyl (C=O) groups excluding carboxylic acids is 2. The third-order valence-electron chi connectivity index (χ3n) is 5.60. The van der Waals surface area contributed by atoms with E-state index in [1.165, 1.54) is 0 Å². The van der Waals surface area contributed by atoms with Crippen LogP contribution in [0.3, 0.4) is 0 Å². The van der Waals surface area contributed by atoms with E-state index in [-0.39, 0.29) is 36.2 Å². The normalized spacial score (nSPS) is 26.5. The molecule has 7 nitrogen and oxygen atoms in total. The minimum Gasteiger partial charge on any atom is -0.480 e. The molecule has 1 aliphatic carbocycles. The molecule has 2 N–H and O–H groups in total. The van der Waals surface area contributed by atoms with E-state index in [2.05, 4.69) is 5.32 Å². The molecule has 0 unspecified atom stereocenters. The lowest BCUT2D eigenvalue weighted by Crippen LogP contribution is -2.55. The van der Waals surface area contributed by atoms with Crippen molar-refractivity contribution >= 4 is 30.3 Å². The number of nitrogens with zero attached hydrogens (tertiary/aromatic N) is 1. The van der Waals surface area contributed by atoms with Crippen molar-refractivity contribution in [1.82, 2.24) is 10.2 Å². The molecule has 1 heterocycles. The summed E-state index contributed by atoms with van der Waals surface area (Å²) < 4.78 is 5.09. The van der Waals surface area contributed by atoms with Gasteiger partial charge in [0.05, 0.1) is 12.6 Å². The molecule has 2 aliphatic rings. The molecule has 1 saturated heterocycles. The number of ether oxygens (including phenoxy) is 1. The van der Waals surface area contributed by atoms with Crippen molar-refractivity contribution in [3.05, 3.63) is 0 Å². The van der Waals surface area contributed by atoms with Gasteiger partial charge in [-0.2, -0.15) is 0 Å². The second kappa shape index (κ2) is 10.9. The number of carboxylic acid groups (broad SMARTS) is 1. The monoisotopic (exact) mass is 404 g/mol. The second-order valence-corrected chi connectivity index (χ2v) is 7.43. The fourth-order valence-corrected chi connectivity index (χ4v) is 4.39. The lowest BCUT2D eigenvalue weighted by molar-refractivity contribution is -0.152. The Balaban J connectivity index is 0.00000364. The van der Waals surface area contributed by atoms with Crippen LogP contribution in [0.4, 0.5) is 0 Å². The number of rotatable bonds is 8. The number of hydrogen-bond acceptors (Lipinski definition) is 5. The molecule has 0 aromatic carbocycles. The third kappa shape index (κ3) is 5.57. The number of esters is 1. The van der Waals surface area contributed by atoms with Gasteiger partial charge < -0.3 is 14.7 Å². The topological polar surface area (TPSA) is 95.9 Å². The van der Waals surface area contributed by atoms with Crippen molar-refractivity contribution in [1.29, 1.82) is 0 Å². The molecule has 1 saturated carbocycles. The Morgan fingerprint density at radius 1 is 1.22 bits per heavy atom. The Morgan fingerprint density at radius 2 is 1.89 bits per heavy atom. The van der Waals surface area contributed by atoms with Crippen LogP contribution in [0.2, 0.25) is 0 Å². The Morgan fingerprint density at radius 3 is 2.48 bits per heavy atom. The summed E-state index contributed by atoms with van der Waals surface area (Å²) in [4.78, 5) is 38.5. The summed E-state index contributed by atoms with van der Waals surface area (Å²) >= 11 is 0. The summed E-state index contributed by atoms with van der Waals surface area (Å²) in [6.07, 6.45) is 5.87.